The smallest absolute Gasteiger partial charge is 0.0490 e. The van der Waals surface area contributed by atoms with Gasteiger partial charge in [-0.2, -0.15) is 0 Å². The lowest BCUT2D eigenvalue weighted by Crippen LogP contribution is -2.18. The topological polar surface area (TPSA) is 3.24 Å². The van der Waals surface area contributed by atoms with Crippen LogP contribution in [0.4, 0.5) is 11.4 Å². The first-order valence-corrected chi connectivity index (χ1v) is 10.7. The van der Waals surface area contributed by atoms with Crippen LogP contribution in [0.2, 0.25) is 0 Å². The summed E-state index contributed by atoms with van der Waals surface area (Å²) in [6, 6.07) is 26.2. The van der Waals surface area contributed by atoms with Gasteiger partial charge in [-0.05, 0) is 30.0 Å². The highest BCUT2D eigenvalue weighted by Gasteiger charge is 2.11. The molecule has 0 bridgehead atoms. The van der Waals surface area contributed by atoms with E-state index in [-0.39, 0.29) is 0 Å². The second-order valence-electron chi connectivity index (χ2n) is 7.46. The molecule has 142 valence electrons. The van der Waals surface area contributed by atoms with E-state index in [1.54, 1.807) is 0 Å². The van der Waals surface area contributed by atoms with Crippen molar-refractivity contribution in [3.05, 3.63) is 72.8 Å². The summed E-state index contributed by atoms with van der Waals surface area (Å²) < 4.78 is 0. The third-order valence-electron chi connectivity index (χ3n) is 5.36. The van der Waals surface area contributed by atoms with E-state index in [2.05, 4.69) is 84.6 Å². The number of fused-ring (bicyclic) bond motifs is 1. The predicted octanol–water partition coefficient (Wildman–Crippen LogP) is 8.12. The summed E-state index contributed by atoms with van der Waals surface area (Å²) in [7, 11) is 0. The first kappa shape index (κ1) is 19.5. The fourth-order valence-corrected chi connectivity index (χ4v) is 3.84. The second kappa shape index (κ2) is 10.8. The number of rotatable bonds is 11. The zero-order chi connectivity index (χ0) is 18.7. The van der Waals surface area contributed by atoms with Crippen molar-refractivity contribution in [1.29, 1.82) is 0 Å². The van der Waals surface area contributed by atoms with Crippen LogP contribution in [0, 0.1) is 0 Å². The van der Waals surface area contributed by atoms with E-state index in [0.717, 1.165) is 6.54 Å². The van der Waals surface area contributed by atoms with Gasteiger partial charge in [0.2, 0.25) is 0 Å². The van der Waals surface area contributed by atoms with Crippen LogP contribution in [0.3, 0.4) is 0 Å². The van der Waals surface area contributed by atoms with Crippen molar-refractivity contribution in [2.24, 2.45) is 0 Å². The van der Waals surface area contributed by atoms with Crippen LogP contribution in [-0.2, 0) is 0 Å². The summed E-state index contributed by atoms with van der Waals surface area (Å²) in [5, 5.41) is 2.65. The molecule has 0 saturated heterocycles. The number of benzene rings is 3. The minimum Gasteiger partial charge on any atom is -0.341 e. The summed E-state index contributed by atoms with van der Waals surface area (Å²) in [4.78, 5) is 2.50. The molecule has 0 aromatic heterocycles. The molecule has 0 heterocycles. The molecule has 0 radical (unpaired) electrons. The Morgan fingerprint density at radius 1 is 0.593 bits per heavy atom. The van der Waals surface area contributed by atoms with Gasteiger partial charge in [0, 0.05) is 23.3 Å². The Labute approximate surface area is 165 Å². The van der Waals surface area contributed by atoms with Crippen molar-refractivity contribution in [2.75, 3.05) is 11.4 Å². The summed E-state index contributed by atoms with van der Waals surface area (Å²) in [5.74, 6) is 0. The van der Waals surface area contributed by atoms with Gasteiger partial charge in [0.25, 0.3) is 0 Å². The zero-order valence-electron chi connectivity index (χ0n) is 16.7. The van der Waals surface area contributed by atoms with Crippen molar-refractivity contribution in [3.63, 3.8) is 0 Å². The highest BCUT2D eigenvalue weighted by atomic mass is 15.1. The molecular formula is C26H33N. The fourth-order valence-electron chi connectivity index (χ4n) is 3.84. The Hall–Kier alpha value is -2.28. The molecule has 0 aliphatic carbocycles. The lowest BCUT2D eigenvalue weighted by Gasteiger charge is -2.26. The predicted molar refractivity (Wildman–Crippen MR) is 120 cm³/mol. The van der Waals surface area contributed by atoms with Gasteiger partial charge in [-0.25, -0.2) is 0 Å². The van der Waals surface area contributed by atoms with Crippen LogP contribution < -0.4 is 4.90 Å². The fraction of sp³-hybridized carbons (Fsp3) is 0.385. The molecule has 0 fully saturated rings. The van der Waals surface area contributed by atoms with Crippen molar-refractivity contribution >= 4 is 22.1 Å². The molecule has 3 rings (SSSR count). The van der Waals surface area contributed by atoms with Crippen LogP contribution in [0.1, 0.15) is 58.3 Å². The SMILES string of the molecule is CCCCCCCCCCN(c1ccccc1)c1cccc2ccccc12. The Morgan fingerprint density at radius 2 is 1.22 bits per heavy atom. The molecule has 0 aliphatic rings. The van der Waals surface area contributed by atoms with Gasteiger partial charge in [0.05, 0.1) is 0 Å². The molecule has 1 heteroatoms. The number of hydrogen-bond acceptors (Lipinski definition) is 1. The van der Waals surface area contributed by atoms with Gasteiger partial charge in [0.1, 0.15) is 0 Å². The van der Waals surface area contributed by atoms with E-state index in [9.17, 15) is 0 Å². The number of anilines is 2. The Kier molecular flexibility index (Phi) is 7.77. The van der Waals surface area contributed by atoms with Gasteiger partial charge in [0.15, 0.2) is 0 Å². The molecule has 1 nitrogen and oxygen atoms in total. The Bertz CT molecular complexity index is 788. The largest absolute Gasteiger partial charge is 0.341 e. The number of unbranched alkanes of at least 4 members (excludes halogenated alkanes) is 7. The monoisotopic (exact) mass is 359 g/mol. The quantitative estimate of drug-likeness (QED) is 0.312. The van der Waals surface area contributed by atoms with Crippen LogP contribution in [0.5, 0.6) is 0 Å². The average Bonchev–Trinajstić information content (AvgIpc) is 2.73. The van der Waals surface area contributed by atoms with Gasteiger partial charge in [-0.15, -0.1) is 0 Å². The number of nitrogens with zero attached hydrogens (tertiary/aromatic N) is 1. The number of hydrogen-bond donors (Lipinski definition) is 0. The van der Waals surface area contributed by atoms with Crippen LogP contribution >= 0.6 is 0 Å². The minimum atomic E-state index is 1.08. The van der Waals surface area contributed by atoms with E-state index in [4.69, 9.17) is 0 Å². The Balaban J connectivity index is 1.67. The molecule has 0 N–H and O–H groups in total. The maximum atomic E-state index is 2.50. The molecule has 0 amide bonds. The van der Waals surface area contributed by atoms with E-state index in [0.29, 0.717) is 0 Å². The summed E-state index contributed by atoms with van der Waals surface area (Å²) in [6.45, 7) is 3.36. The molecule has 3 aromatic rings. The van der Waals surface area contributed by atoms with Crippen molar-refractivity contribution < 1.29 is 0 Å². The zero-order valence-corrected chi connectivity index (χ0v) is 16.7. The van der Waals surface area contributed by atoms with Crippen molar-refractivity contribution in [3.8, 4) is 0 Å². The second-order valence-corrected chi connectivity index (χ2v) is 7.46. The minimum absolute atomic E-state index is 1.08. The standard InChI is InChI=1S/C26H33N/c1-2-3-4-5-6-7-8-14-22-27(24-18-10-9-11-19-24)26-21-15-17-23-16-12-13-20-25(23)26/h9-13,15-21H,2-8,14,22H2,1H3. The maximum Gasteiger partial charge on any atom is 0.0490 e. The first-order chi connectivity index (χ1) is 13.4. The van der Waals surface area contributed by atoms with E-state index in [1.807, 2.05) is 0 Å². The van der Waals surface area contributed by atoms with E-state index >= 15 is 0 Å². The lowest BCUT2D eigenvalue weighted by atomic mass is 10.1. The van der Waals surface area contributed by atoms with E-state index < -0.39 is 0 Å². The molecule has 0 saturated carbocycles. The summed E-state index contributed by atoms with van der Waals surface area (Å²) in [6.07, 6.45) is 10.8. The third-order valence-corrected chi connectivity index (χ3v) is 5.36. The summed E-state index contributed by atoms with van der Waals surface area (Å²) >= 11 is 0. The Morgan fingerprint density at radius 3 is 2.00 bits per heavy atom. The molecule has 0 spiro atoms. The number of para-hydroxylation sites is 1. The van der Waals surface area contributed by atoms with Crippen molar-refractivity contribution in [1.82, 2.24) is 0 Å². The first-order valence-electron chi connectivity index (χ1n) is 10.7. The van der Waals surface area contributed by atoms with Crippen LogP contribution in [-0.4, -0.2) is 6.54 Å². The van der Waals surface area contributed by atoms with Crippen LogP contribution in [0.25, 0.3) is 10.8 Å². The molecule has 3 aromatic carbocycles. The normalized spacial score (nSPS) is 11.0. The van der Waals surface area contributed by atoms with Crippen LogP contribution in [0.15, 0.2) is 72.8 Å². The highest BCUT2D eigenvalue weighted by Crippen LogP contribution is 2.32. The van der Waals surface area contributed by atoms with Crippen molar-refractivity contribution in [2.45, 2.75) is 58.3 Å². The highest BCUT2D eigenvalue weighted by molar-refractivity contribution is 5.96. The summed E-state index contributed by atoms with van der Waals surface area (Å²) in [5.41, 5.74) is 2.61. The van der Waals surface area contributed by atoms with Gasteiger partial charge in [-0.1, -0.05) is 106 Å². The van der Waals surface area contributed by atoms with Gasteiger partial charge in [-0.3, -0.25) is 0 Å². The third kappa shape index (κ3) is 5.60. The molecule has 0 atom stereocenters. The molecular weight excluding hydrogens is 326 g/mol. The average molecular weight is 360 g/mol. The molecule has 0 unspecified atom stereocenters. The molecule has 0 aliphatic heterocycles. The lowest BCUT2D eigenvalue weighted by molar-refractivity contribution is 0.577. The van der Waals surface area contributed by atoms with Gasteiger partial charge < -0.3 is 4.90 Å². The van der Waals surface area contributed by atoms with E-state index in [1.165, 1.54) is 73.5 Å². The maximum absolute atomic E-state index is 2.50. The molecule has 27 heavy (non-hydrogen) atoms. The van der Waals surface area contributed by atoms with Gasteiger partial charge >= 0.3 is 0 Å².